The molecule has 1 amide bonds. The van der Waals surface area contributed by atoms with Crippen LogP contribution in [-0.4, -0.2) is 25.7 Å². The number of nitrogens with one attached hydrogen (secondary N) is 3. The molecule has 0 fully saturated rings. The Morgan fingerprint density at radius 1 is 1.29 bits per heavy atom. The smallest absolute Gasteiger partial charge is 0.325 e. The van der Waals surface area contributed by atoms with Gasteiger partial charge in [-0.15, -0.1) is 0 Å². The largest absolute Gasteiger partial charge is 0.349 e. The van der Waals surface area contributed by atoms with Gasteiger partial charge in [0.1, 0.15) is 5.82 Å². The van der Waals surface area contributed by atoms with Gasteiger partial charge in [0.05, 0.1) is 24.3 Å². The van der Waals surface area contributed by atoms with E-state index < -0.39 is 11.2 Å². The molecule has 0 saturated carbocycles. The van der Waals surface area contributed by atoms with E-state index >= 15 is 0 Å². The van der Waals surface area contributed by atoms with E-state index in [2.05, 4.69) is 20.4 Å². The van der Waals surface area contributed by atoms with Gasteiger partial charge in [-0.3, -0.25) is 14.6 Å². The second-order valence-electron chi connectivity index (χ2n) is 6.55. The molecule has 3 rings (SSSR count). The van der Waals surface area contributed by atoms with Crippen molar-refractivity contribution >= 4 is 5.91 Å². The topological polar surface area (TPSA) is 113 Å². The van der Waals surface area contributed by atoms with Crippen LogP contribution >= 0.6 is 0 Å². The highest BCUT2D eigenvalue weighted by Gasteiger charge is 2.18. The van der Waals surface area contributed by atoms with Gasteiger partial charge in [0, 0.05) is 22.5 Å². The van der Waals surface area contributed by atoms with Gasteiger partial charge in [0.15, 0.2) is 0 Å². The van der Waals surface area contributed by atoms with Crippen molar-refractivity contribution in [2.24, 2.45) is 0 Å². The normalized spacial score (nSPS) is 12.0. The predicted molar refractivity (Wildman–Crippen MR) is 101 cm³/mol. The maximum Gasteiger partial charge on any atom is 0.325 e. The minimum Gasteiger partial charge on any atom is -0.349 e. The van der Waals surface area contributed by atoms with E-state index in [1.807, 2.05) is 6.92 Å². The molecule has 0 spiro atoms. The molecule has 8 nitrogen and oxygen atoms in total. The van der Waals surface area contributed by atoms with Crippen molar-refractivity contribution in [2.45, 2.75) is 33.2 Å². The first kappa shape index (κ1) is 19.3. The molecule has 9 heteroatoms. The average Bonchev–Trinajstić information content (AvgIpc) is 2.99. The van der Waals surface area contributed by atoms with Crippen LogP contribution in [0.2, 0.25) is 0 Å². The van der Waals surface area contributed by atoms with Crippen molar-refractivity contribution < 1.29 is 9.18 Å². The first-order valence-corrected chi connectivity index (χ1v) is 8.68. The number of aryl methyl sites for hydroxylation is 1. The summed E-state index contributed by atoms with van der Waals surface area (Å²) in [7, 11) is 0. The van der Waals surface area contributed by atoms with E-state index in [-0.39, 0.29) is 29.8 Å². The van der Waals surface area contributed by atoms with Crippen LogP contribution in [-0.2, 0) is 11.2 Å². The fraction of sp³-hybridized carbons (Fsp3) is 0.263. The summed E-state index contributed by atoms with van der Waals surface area (Å²) in [6.45, 7) is 5.18. The number of hydrogen-bond donors (Lipinski definition) is 3. The summed E-state index contributed by atoms with van der Waals surface area (Å²) in [5, 5.41) is 7.10. The van der Waals surface area contributed by atoms with Crippen molar-refractivity contribution in [1.82, 2.24) is 25.1 Å². The number of amides is 1. The van der Waals surface area contributed by atoms with Crippen LogP contribution in [0.4, 0.5) is 4.39 Å². The molecule has 2 heterocycles. The maximum atomic E-state index is 13.5. The molecular formula is C19H20FN5O3. The van der Waals surface area contributed by atoms with Crippen LogP contribution in [0.5, 0.6) is 0 Å². The van der Waals surface area contributed by atoms with Crippen molar-refractivity contribution in [2.75, 3.05) is 0 Å². The van der Waals surface area contributed by atoms with E-state index in [1.54, 1.807) is 36.9 Å². The first-order valence-electron chi connectivity index (χ1n) is 8.68. The van der Waals surface area contributed by atoms with Gasteiger partial charge in [-0.1, -0.05) is 6.07 Å². The van der Waals surface area contributed by atoms with Gasteiger partial charge in [0.2, 0.25) is 5.91 Å². The van der Waals surface area contributed by atoms with Gasteiger partial charge >= 0.3 is 5.69 Å². The molecule has 0 aliphatic heterocycles. The number of aromatic amines is 2. The van der Waals surface area contributed by atoms with Crippen LogP contribution < -0.4 is 16.6 Å². The molecule has 0 saturated heterocycles. The summed E-state index contributed by atoms with van der Waals surface area (Å²) < 4.78 is 15.1. The number of halogens is 1. The molecule has 1 aromatic carbocycles. The summed E-state index contributed by atoms with van der Waals surface area (Å²) in [5.74, 6) is -0.733. The number of H-pyrrole nitrogens is 2. The molecule has 0 bridgehead atoms. The monoisotopic (exact) mass is 385 g/mol. The van der Waals surface area contributed by atoms with E-state index in [4.69, 9.17) is 0 Å². The Morgan fingerprint density at radius 3 is 2.71 bits per heavy atom. The second-order valence-corrected chi connectivity index (χ2v) is 6.55. The standard InChI is InChI=1S/C19H20FN5O3/c1-10-15(18(27)24-19(28)23-10)8-17(26)22-11(2)16-9-21-25(12(16)3)14-6-4-5-13(20)7-14/h4-7,9,11H,8H2,1-3H3,(H,22,26)(H2,23,24,27,28). The Kier molecular flexibility index (Phi) is 5.25. The maximum absolute atomic E-state index is 13.5. The zero-order valence-electron chi connectivity index (χ0n) is 15.7. The van der Waals surface area contributed by atoms with Crippen molar-refractivity contribution in [3.8, 4) is 5.69 Å². The molecule has 2 aromatic heterocycles. The SMILES string of the molecule is Cc1[nH]c(=O)[nH]c(=O)c1CC(=O)NC(C)c1cnn(-c2cccc(F)c2)c1C. The van der Waals surface area contributed by atoms with Gasteiger partial charge in [0.25, 0.3) is 5.56 Å². The second kappa shape index (κ2) is 7.63. The van der Waals surface area contributed by atoms with Gasteiger partial charge in [-0.25, -0.2) is 13.9 Å². The van der Waals surface area contributed by atoms with E-state index in [1.165, 1.54) is 12.1 Å². The number of carbonyl (C=O) groups is 1. The predicted octanol–water partition coefficient (Wildman–Crippen LogP) is 1.42. The van der Waals surface area contributed by atoms with Crippen molar-refractivity contribution in [3.63, 3.8) is 0 Å². The first-order chi connectivity index (χ1) is 13.3. The minimum absolute atomic E-state index is 0.167. The molecule has 0 aliphatic rings. The van der Waals surface area contributed by atoms with E-state index in [0.717, 1.165) is 11.3 Å². The van der Waals surface area contributed by atoms with Crippen LogP contribution in [0.3, 0.4) is 0 Å². The summed E-state index contributed by atoms with van der Waals surface area (Å²) in [4.78, 5) is 40.1. The van der Waals surface area contributed by atoms with Crippen LogP contribution in [0.15, 0.2) is 40.1 Å². The zero-order valence-corrected chi connectivity index (χ0v) is 15.7. The number of benzene rings is 1. The van der Waals surface area contributed by atoms with Crippen molar-refractivity contribution in [1.29, 1.82) is 0 Å². The minimum atomic E-state index is -0.611. The summed E-state index contributed by atoms with van der Waals surface area (Å²) in [6.07, 6.45) is 1.45. The molecule has 0 aliphatic carbocycles. The lowest BCUT2D eigenvalue weighted by atomic mass is 10.1. The fourth-order valence-corrected chi connectivity index (χ4v) is 3.09. The number of carbonyl (C=O) groups excluding carboxylic acids is 1. The molecule has 1 atom stereocenters. The third-order valence-corrected chi connectivity index (χ3v) is 4.54. The van der Waals surface area contributed by atoms with Gasteiger partial charge in [-0.2, -0.15) is 5.10 Å². The number of rotatable bonds is 5. The van der Waals surface area contributed by atoms with Gasteiger partial charge in [-0.05, 0) is 39.0 Å². The molecule has 146 valence electrons. The third kappa shape index (κ3) is 3.93. The summed E-state index contributed by atoms with van der Waals surface area (Å²) in [5.41, 5.74) is 1.47. The Bertz CT molecular complexity index is 1140. The average molecular weight is 385 g/mol. The molecule has 1 unspecified atom stereocenters. The van der Waals surface area contributed by atoms with Crippen molar-refractivity contribution in [3.05, 3.63) is 79.6 Å². The molecule has 0 radical (unpaired) electrons. The lowest BCUT2D eigenvalue weighted by Crippen LogP contribution is -2.33. The Morgan fingerprint density at radius 2 is 2.04 bits per heavy atom. The molecular weight excluding hydrogens is 365 g/mol. The molecule has 3 aromatic rings. The Balaban J connectivity index is 1.77. The lowest BCUT2D eigenvalue weighted by molar-refractivity contribution is -0.121. The van der Waals surface area contributed by atoms with Crippen LogP contribution in [0.25, 0.3) is 5.69 Å². The zero-order chi connectivity index (χ0) is 20.4. The highest BCUT2D eigenvalue weighted by molar-refractivity contribution is 5.79. The Labute approximate surface area is 159 Å². The number of nitrogens with zero attached hydrogens (tertiary/aromatic N) is 2. The summed E-state index contributed by atoms with van der Waals surface area (Å²) in [6, 6.07) is 5.68. The molecule has 3 N–H and O–H groups in total. The van der Waals surface area contributed by atoms with E-state index in [9.17, 15) is 18.8 Å². The highest BCUT2D eigenvalue weighted by atomic mass is 19.1. The third-order valence-electron chi connectivity index (χ3n) is 4.54. The number of hydrogen-bond acceptors (Lipinski definition) is 4. The van der Waals surface area contributed by atoms with Crippen LogP contribution in [0, 0.1) is 19.7 Å². The van der Waals surface area contributed by atoms with E-state index in [0.29, 0.717) is 11.4 Å². The highest BCUT2D eigenvalue weighted by Crippen LogP contribution is 2.20. The molecule has 28 heavy (non-hydrogen) atoms. The lowest BCUT2D eigenvalue weighted by Gasteiger charge is -2.14. The van der Waals surface area contributed by atoms with Gasteiger partial charge < -0.3 is 10.3 Å². The quantitative estimate of drug-likeness (QED) is 0.617. The van der Waals surface area contributed by atoms with Crippen LogP contribution in [0.1, 0.15) is 35.5 Å². The Hall–Kier alpha value is -3.49. The number of aromatic nitrogens is 4. The fourth-order valence-electron chi connectivity index (χ4n) is 3.09. The summed E-state index contributed by atoms with van der Waals surface area (Å²) >= 11 is 0.